The first kappa shape index (κ1) is 10.1. The first-order chi connectivity index (χ1) is 6.90. The van der Waals surface area contributed by atoms with Gasteiger partial charge in [0, 0.05) is 18.8 Å². The van der Waals surface area contributed by atoms with Crippen LogP contribution in [-0.2, 0) is 0 Å². The van der Waals surface area contributed by atoms with E-state index in [1.807, 2.05) is 11.8 Å². The van der Waals surface area contributed by atoms with Crippen LogP contribution in [0, 0.1) is 0 Å². The van der Waals surface area contributed by atoms with Crippen molar-refractivity contribution in [2.45, 2.75) is 25.3 Å². The van der Waals surface area contributed by atoms with Gasteiger partial charge in [-0.25, -0.2) is 10.8 Å². The number of nitrogens with zero attached hydrogens (tertiary/aromatic N) is 2. The lowest BCUT2D eigenvalue weighted by Crippen LogP contribution is -2.46. The van der Waals surface area contributed by atoms with Gasteiger partial charge in [0.05, 0.1) is 6.04 Å². The molecule has 1 aliphatic carbocycles. The van der Waals surface area contributed by atoms with E-state index in [-0.39, 0.29) is 0 Å². The normalized spacial score (nSPS) is 24.6. The first-order valence-electron chi connectivity index (χ1n) is 5.27. The molecule has 14 heavy (non-hydrogen) atoms. The molecule has 3 N–H and O–H groups in total. The predicted octanol–water partition coefficient (Wildman–Crippen LogP) is 0.407. The number of nitrogens with one attached hydrogen (secondary N) is 1. The Morgan fingerprint density at radius 3 is 2.93 bits per heavy atom. The molecule has 2 fully saturated rings. The van der Waals surface area contributed by atoms with Crippen LogP contribution in [0.1, 0.15) is 19.3 Å². The average Bonchev–Trinajstić information content (AvgIpc) is 3.01. The fourth-order valence-electron chi connectivity index (χ4n) is 1.54. The van der Waals surface area contributed by atoms with Crippen LogP contribution in [0.3, 0.4) is 0 Å². The summed E-state index contributed by atoms with van der Waals surface area (Å²) in [6.45, 7) is 2.16. The minimum absolute atomic E-state index is 0.539. The fourth-order valence-corrected chi connectivity index (χ4v) is 2.43. The summed E-state index contributed by atoms with van der Waals surface area (Å²) in [5, 5.41) is 0. The second-order valence-electron chi connectivity index (χ2n) is 3.78. The van der Waals surface area contributed by atoms with Crippen molar-refractivity contribution in [2.24, 2.45) is 10.8 Å². The van der Waals surface area contributed by atoms with Gasteiger partial charge >= 0.3 is 0 Å². The molecule has 0 amide bonds. The smallest absolute Gasteiger partial charge is 0.208 e. The first-order valence-corrected chi connectivity index (χ1v) is 6.43. The maximum absolute atomic E-state index is 5.50. The number of hydrogen-bond acceptors (Lipinski definition) is 3. The molecule has 1 heterocycles. The lowest BCUT2D eigenvalue weighted by molar-refractivity contribution is 0.431. The number of thioether (sulfide) groups is 1. The summed E-state index contributed by atoms with van der Waals surface area (Å²) in [5.41, 5.74) is 2.74. The molecule has 1 saturated heterocycles. The highest BCUT2D eigenvalue weighted by Crippen LogP contribution is 2.24. The number of hydrazine groups is 1. The Morgan fingerprint density at radius 2 is 2.21 bits per heavy atom. The number of guanidine groups is 1. The quantitative estimate of drug-likeness (QED) is 0.287. The van der Waals surface area contributed by atoms with Crippen LogP contribution in [0.4, 0.5) is 0 Å². The van der Waals surface area contributed by atoms with Crippen LogP contribution < -0.4 is 11.3 Å². The molecule has 2 rings (SSSR count). The van der Waals surface area contributed by atoms with Gasteiger partial charge in [0.1, 0.15) is 0 Å². The molecule has 0 radical (unpaired) electrons. The van der Waals surface area contributed by atoms with Gasteiger partial charge in [0.2, 0.25) is 5.96 Å². The molecular weight excluding hydrogens is 196 g/mol. The third-order valence-electron chi connectivity index (χ3n) is 2.50. The fraction of sp³-hybridized carbons (Fsp3) is 0.889. The maximum Gasteiger partial charge on any atom is 0.208 e. The Balaban J connectivity index is 1.94. The van der Waals surface area contributed by atoms with Gasteiger partial charge in [0.15, 0.2) is 0 Å². The van der Waals surface area contributed by atoms with Crippen LogP contribution in [-0.4, -0.2) is 41.5 Å². The van der Waals surface area contributed by atoms with Gasteiger partial charge in [-0.15, -0.1) is 0 Å². The molecule has 0 aromatic carbocycles. The molecule has 5 heteroatoms. The molecule has 0 aromatic rings. The average molecular weight is 214 g/mol. The number of hydrogen-bond donors (Lipinski definition) is 2. The summed E-state index contributed by atoms with van der Waals surface area (Å²) in [5.74, 6) is 8.85. The molecule has 80 valence electrons. The zero-order chi connectivity index (χ0) is 9.80. The number of aliphatic imine (C=N–C) groups is 1. The van der Waals surface area contributed by atoms with Crippen molar-refractivity contribution in [3.05, 3.63) is 0 Å². The molecule has 1 saturated carbocycles. The Hall–Kier alpha value is -0.420. The largest absolute Gasteiger partial charge is 0.341 e. The van der Waals surface area contributed by atoms with E-state index in [1.54, 1.807) is 0 Å². The number of nitrogens with two attached hydrogens (primary N) is 1. The second-order valence-corrected chi connectivity index (χ2v) is 5.01. The summed E-state index contributed by atoms with van der Waals surface area (Å²) in [7, 11) is 0. The van der Waals surface area contributed by atoms with E-state index in [1.165, 1.54) is 30.8 Å². The Labute approximate surface area is 89.3 Å². The molecular formula is C9H18N4S. The van der Waals surface area contributed by atoms with Gasteiger partial charge < -0.3 is 4.90 Å². The molecule has 1 aliphatic heterocycles. The second kappa shape index (κ2) is 4.89. The van der Waals surface area contributed by atoms with Crippen molar-refractivity contribution in [3.63, 3.8) is 0 Å². The van der Waals surface area contributed by atoms with E-state index in [9.17, 15) is 0 Å². The molecule has 0 aromatic heterocycles. The van der Waals surface area contributed by atoms with Crippen LogP contribution in [0.15, 0.2) is 4.99 Å². The lowest BCUT2D eigenvalue weighted by Gasteiger charge is -2.23. The summed E-state index contributed by atoms with van der Waals surface area (Å²) in [4.78, 5) is 6.85. The Morgan fingerprint density at radius 1 is 1.36 bits per heavy atom. The molecule has 0 bridgehead atoms. The topological polar surface area (TPSA) is 53.6 Å². The summed E-state index contributed by atoms with van der Waals surface area (Å²) in [6.07, 6.45) is 3.69. The third kappa shape index (κ3) is 2.78. The van der Waals surface area contributed by atoms with Gasteiger partial charge in [-0.05, 0) is 25.0 Å². The van der Waals surface area contributed by atoms with E-state index in [4.69, 9.17) is 5.84 Å². The van der Waals surface area contributed by atoms with E-state index in [0.29, 0.717) is 6.04 Å². The van der Waals surface area contributed by atoms with E-state index < -0.39 is 0 Å². The van der Waals surface area contributed by atoms with Crippen molar-refractivity contribution < 1.29 is 0 Å². The monoisotopic (exact) mass is 214 g/mol. The van der Waals surface area contributed by atoms with Gasteiger partial charge in [0.25, 0.3) is 0 Å². The third-order valence-corrected chi connectivity index (χ3v) is 3.55. The number of rotatable bonds is 1. The molecule has 4 nitrogen and oxygen atoms in total. The molecule has 0 spiro atoms. The Bertz CT molecular complexity index is 207. The minimum Gasteiger partial charge on any atom is -0.341 e. The van der Waals surface area contributed by atoms with Crippen LogP contribution in [0.5, 0.6) is 0 Å². The summed E-state index contributed by atoms with van der Waals surface area (Å²) in [6, 6.07) is 0.539. The molecule has 0 unspecified atom stereocenters. The van der Waals surface area contributed by atoms with Gasteiger partial charge in [-0.3, -0.25) is 5.43 Å². The SMILES string of the molecule is NNC(=NC1CC1)N1CCCSCC1. The van der Waals surface area contributed by atoms with Crippen LogP contribution in [0.25, 0.3) is 0 Å². The molecule has 0 atom stereocenters. The van der Waals surface area contributed by atoms with E-state index >= 15 is 0 Å². The highest BCUT2D eigenvalue weighted by Gasteiger charge is 2.23. The highest BCUT2D eigenvalue weighted by molar-refractivity contribution is 7.99. The predicted molar refractivity (Wildman–Crippen MR) is 61.3 cm³/mol. The summed E-state index contributed by atoms with van der Waals surface area (Å²) >= 11 is 2.02. The summed E-state index contributed by atoms with van der Waals surface area (Å²) < 4.78 is 0. The minimum atomic E-state index is 0.539. The lowest BCUT2D eigenvalue weighted by atomic mass is 10.4. The van der Waals surface area contributed by atoms with Crippen molar-refractivity contribution in [1.82, 2.24) is 10.3 Å². The van der Waals surface area contributed by atoms with Crippen molar-refractivity contribution in [2.75, 3.05) is 24.6 Å². The van der Waals surface area contributed by atoms with Gasteiger partial charge in [-0.2, -0.15) is 11.8 Å². The van der Waals surface area contributed by atoms with Crippen molar-refractivity contribution in [1.29, 1.82) is 0 Å². The maximum atomic E-state index is 5.50. The standard InChI is InChI=1S/C9H18N4S/c10-12-9(11-8-2-3-8)13-4-1-6-14-7-5-13/h8H,1-7,10H2,(H,11,12). The van der Waals surface area contributed by atoms with Crippen LogP contribution in [0.2, 0.25) is 0 Å². The molecule has 2 aliphatic rings. The highest BCUT2D eigenvalue weighted by atomic mass is 32.2. The Kier molecular flexibility index (Phi) is 3.53. The van der Waals surface area contributed by atoms with E-state index in [0.717, 1.165) is 19.0 Å². The zero-order valence-corrected chi connectivity index (χ0v) is 9.22. The van der Waals surface area contributed by atoms with Crippen molar-refractivity contribution >= 4 is 17.7 Å². The zero-order valence-electron chi connectivity index (χ0n) is 8.41. The van der Waals surface area contributed by atoms with E-state index in [2.05, 4.69) is 15.3 Å². The van der Waals surface area contributed by atoms with Crippen LogP contribution >= 0.6 is 11.8 Å². The van der Waals surface area contributed by atoms with Crippen molar-refractivity contribution in [3.8, 4) is 0 Å². The van der Waals surface area contributed by atoms with Gasteiger partial charge in [-0.1, -0.05) is 0 Å².